The second-order valence-corrected chi connectivity index (χ2v) is 6.28. The molecule has 1 unspecified atom stereocenters. The van der Waals surface area contributed by atoms with Crippen molar-refractivity contribution >= 4 is 0 Å². The molecular formula is C15H26N4. The molecular weight excluding hydrogens is 236 g/mol. The Morgan fingerprint density at radius 2 is 2.00 bits per heavy atom. The molecule has 1 aromatic heterocycles. The molecule has 2 heterocycles. The zero-order valence-electron chi connectivity index (χ0n) is 12.2. The molecule has 1 aliphatic heterocycles. The van der Waals surface area contributed by atoms with Gasteiger partial charge < -0.3 is 5.32 Å². The zero-order chi connectivity index (χ0) is 13.2. The van der Waals surface area contributed by atoms with Gasteiger partial charge >= 0.3 is 0 Å². The van der Waals surface area contributed by atoms with Gasteiger partial charge in [0.25, 0.3) is 0 Å². The van der Waals surface area contributed by atoms with E-state index >= 15 is 0 Å². The van der Waals surface area contributed by atoms with Gasteiger partial charge in [-0.15, -0.1) is 0 Å². The highest BCUT2D eigenvalue weighted by Gasteiger charge is 2.27. The van der Waals surface area contributed by atoms with Crippen molar-refractivity contribution in [3.05, 3.63) is 11.6 Å². The van der Waals surface area contributed by atoms with Crippen LogP contribution in [-0.4, -0.2) is 20.8 Å². The standard InChI is InChI=1S/C15H26N4/c1-3-14-17-15-13(5-4-10-19(15)18-14)16-12-8-6-11(2)7-9-12/h11-13,16H,3-10H2,1-2H3. The molecule has 106 valence electrons. The Hall–Kier alpha value is -0.900. The highest BCUT2D eigenvalue weighted by atomic mass is 15.4. The Morgan fingerprint density at radius 1 is 1.21 bits per heavy atom. The van der Waals surface area contributed by atoms with Crippen LogP contribution in [0, 0.1) is 5.92 Å². The molecule has 4 nitrogen and oxygen atoms in total. The van der Waals surface area contributed by atoms with E-state index in [0.717, 1.165) is 24.7 Å². The summed E-state index contributed by atoms with van der Waals surface area (Å²) in [5.41, 5.74) is 0. The van der Waals surface area contributed by atoms with E-state index in [4.69, 9.17) is 4.98 Å². The maximum absolute atomic E-state index is 4.72. The Balaban J connectivity index is 1.67. The van der Waals surface area contributed by atoms with Gasteiger partial charge in [0.2, 0.25) is 0 Å². The van der Waals surface area contributed by atoms with Crippen molar-refractivity contribution in [2.45, 2.75) is 77.4 Å². The topological polar surface area (TPSA) is 42.7 Å². The first-order valence-corrected chi connectivity index (χ1v) is 7.96. The van der Waals surface area contributed by atoms with Gasteiger partial charge in [0, 0.05) is 19.0 Å². The molecule has 0 spiro atoms. The molecule has 0 aromatic carbocycles. The molecule has 1 N–H and O–H groups in total. The fraction of sp³-hybridized carbons (Fsp3) is 0.867. The summed E-state index contributed by atoms with van der Waals surface area (Å²) in [6.07, 6.45) is 8.77. The van der Waals surface area contributed by atoms with Crippen LogP contribution in [0.25, 0.3) is 0 Å². The predicted molar refractivity (Wildman–Crippen MR) is 75.9 cm³/mol. The van der Waals surface area contributed by atoms with Gasteiger partial charge in [-0.1, -0.05) is 13.8 Å². The van der Waals surface area contributed by atoms with Gasteiger partial charge in [0.05, 0.1) is 6.04 Å². The average molecular weight is 262 g/mol. The third kappa shape index (κ3) is 2.83. The maximum atomic E-state index is 4.72. The molecule has 1 saturated carbocycles. The molecule has 0 radical (unpaired) electrons. The van der Waals surface area contributed by atoms with Crippen molar-refractivity contribution in [1.29, 1.82) is 0 Å². The monoisotopic (exact) mass is 262 g/mol. The molecule has 1 fully saturated rings. The highest BCUT2D eigenvalue weighted by Crippen LogP contribution is 2.28. The quantitative estimate of drug-likeness (QED) is 0.911. The first-order valence-electron chi connectivity index (χ1n) is 7.96. The summed E-state index contributed by atoms with van der Waals surface area (Å²) in [7, 11) is 0. The van der Waals surface area contributed by atoms with E-state index in [1.54, 1.807) is 0 Å². The van der Waals surface area contributed by atoms with E-state index in [2.05, 4.69) is 28.9 Å². The summed E-state index contributed by atoms with van der Waals surface area (Å²) >= 11 is 0. The minimum absolute atomic E-state index is 0.431. The number of fused-ring (bicyclic) bond motifs is 1. The van der Waals surface area contributed by atoms with Crippen LogP contribution in [0.5, 0.6) is 0 Å². The predicted octanol–water partition coefficient (Wildman–Crippen LogP) is 2.84. The third-order valence-corrected chi connectivity index (χ3v) is 4.69. The number of aromatic nitrogens is 3. The summed E-state index contributed by atoms with van der Waals surface area (Å²) in [5, 5.41) is 8.44. The van der Waals surface area contributed by atoms with Crippen LogP contribution in [0.4, 0.5) is 0 Å². The van der Waals surface area contributed by atoms with E-state index in [9.17, 15) is 0 Å². The van der Waals surface area contributed by atoms with E-state index in [-0.39, 0.29) is 0 Å². The maximum Gasteiger partial charge on any atom is 0.150 e. The van der Waals surface area contributed by atoms with Crippen LogP contribution in [0.3, 0.4) is 0 Å². The molecule has 1 aromatic rings. The van der Waals surface area contributed by atoms with E-state index < -0.39 is 0 Å². The minimum Gasteiger partial charge on any atom is -0.305 e. The molecule has 0 amide bonds. The fourth-order valence-corrected chi connectivity index (χ4v) is 3.42. The lowest BCUT2D eigenvalue weighted by Gasteiger charge is -2.32. The van der Waals surface area contributed by atoms with Crippen LogP contribution in [0.15, 0.2) is 0 Å². The van der Waals surface area contributed by atoms with Crippen LogP contribution in [-0.2, 0) is 13.0 Å². The van der Waals surface area contributed by atoms with Gasteiger partial charge in [0.15, 0.2) is 5.82 Å². The lowest BCUT2D eigenvalue weighted by atomic mass is 9.87. The van der Waals surface area contributed by atoms with Crippen LogP contribution in [0.2, 0.25) is 0 Å². The molecule has 1 aliphatic carbocycles. The van der Waals surface area contributed by atoms with Crippen molar-refractivity contribution < 1.29 is 0 Å². The first-order chi connectivity index (χ1) is 9.26. The molecule has 0 saturated heterocycles. The Kier molecular flexibility index (Phi) is 3.87. The summed E-state index contributed by atoms with van der Waals surface area (Å²) in [6.45, 7) is 5.55. The second-order valence-electron chi connectivity index (χ2n) is 6.28. The minimum atomic E-state index is 0.431. The lowest BCUT2D eigenvalue weighted by molar-refractivity contribution is 0.261. The summed E-state index contributed by atoms with van der Waals surface area (Å²) in [6, 6.07) is 1.12. The molecule has 4 heteroatoms. The summed E-state index contributed by atoms with van der Waals surface area (Å²) < 4.78 is 2.13. The number of hydrogen-bond donors (Lipinski definition) is 1. The number of nitrogens with one attached hydrogen (secondary N) is 1. The molecule has 1 atom stereocenters. The smallest absolute Gasteiger partial charge is 0.150 e. The molecule has 3 rings (SSSR count). The second kappa shape index (κ2) is 5.61. The van der Waals surface area contributed by atoms with Gasteiger partial charge in [-0.05, 0) is 44.4 Å². The Bertz CT molecular complexity index is 418. The van der Waals surface area contributed by atoms with Gasteiger partial charge in [-0.25, -0.2) is 9.67 Å². The number of rotatable bonds is 3. The molecule has 0 bridgehead atoms. The number of hydrogen-bond acceptors (Lipinski definition) is 3. The van der Waals surface area contributed by atoms with E-state index in [1.807, 2.05) is 0 Å². The fourth-order valence-electron chi connectivity index (χ4n) is 3.42. The average Bonchev–Trinajstić information content (AvgIpc) is 2.85. The Morgan fingerprint density at radius 3 is 2.74 bits per heavy atom. The van der Waals surface area contributed by atoms with Gasteiger partial charge in [-0.2, -0.15) is 5.10 Å². The van der Waals surface area contributed by atoms with Crippen LogP contribution < -0.4 is 5.32 Å². The van der Waals surface area contributed by atoms with Crippen molar-refractivity contribution in [3.8, 4) is 0 Å². The van der Waals surface area contributed by atoms with Crippen molar-refractivity contribution in [3.63, 3.8) is 0 Å². The van der Waals surface area contributed by atoms with Gasteiger partial charge in [-0.3, -0.25) is 0 Å². The van der Waals surface area contributed by atoms with Crippen molar-refractivity contribution in [2.75, 3.05) is 0 Å². The SMILES string of the molecule is CCc1nc2n(n1)CCCC2NC1CCC(C)CC1. The van der Waals surface area contributed by atoms with Crippen LogP contribution in [0.1, 0.15) is 70.1 Å². The van der Waals surface area contributed by atoms with Gasteiger partial charge in [0.1, 0.15) is 5.82 Å². The normalized spacial score (nSPS) is 31.2. The van der Waals surface area contributed by atoms with Crippen molar-refractivity contribution in [1.82, 2.24) is 20.1 Å². The number of aryl methyl sites for hydroxylation is 2. The Labute approximate surface area is 116 Å². The number of nitrogens with zero attached hydrogens (tertiary/aromatic N) is 3. The lowest BCUT2D eigenvalue weighted by Crippen LogP contribution is -2.38. The van der Waals surface area contributed by atoms with E-state index in [0.29, 0.717) is 12.1 Å². The van der Waals surface area contributed by atoms with Crippen LogP contribution >= 0.6 is 0 Å². The zero-order valence-corrected chi connectivity index (χ0v) is 12.2. The third-order valence-electron chi connectivity index (χ3n) is 4.69. The summed E-state index contributed by atoms with van der Waals surface area (Å²) in [4.78, 5) is 4.72. The summed E-state index contributed by atoms with van der Waals surface area (Å²) in [5.74, 6) is 3.10. The first kappa shape index (κ1) is 13.1. The molecule has 2 aliphatic rings. The van der Waals surface area contributed by atoms with E-state index in [1.165, 1.54) is 44.3 Å². The highest BCUT2D eigenvalue weighted by molar-refractivity contribution is 5.03. The molecule has 19 heavy (non-hydrogen) atoms. The van der Waals surface area contributed by atoms with Crippen molar-refractivity contribution in [2.24, 2.45) is 5.92 Å². The largest absolute Gasteiger partial charge is 0.305 e.